The van der Waals surface area contributed by atoms with Gasteiger partial charge in [0, 0.05) is 49.6 Å². The van der Waals surface area contributed by atoms with Crippen molar-refractivity contribution in [1.82, 2.24) is 14.5 Å². The molecule has 0 atom stereocenters. The maximum Gasteiger partial charge on any atom is 0.263 e. The van der Waals surface area contributed by atoms with Crippen LogP contribution in [0.1, 0.15) is 62.0 Å². The number of carbonyl (C=O) groups excluding carboxylic acids is 3. The van der Waals surface area contributed by atoms with Crippen LogP contribution in [-0.4, -0.2) is 78.2 Å². The van der Waals surface area contributed by atoms with Gasteiger partial charge in [-0.2, -0.15) is 0 Å². The van der Waals surface area contributed by atoms with Crippen molar-refractivity contribution in [3.8, 4) is 0 Å². The minimum Gasteiger partial charge on any atom is -0.379 e. The minimum atomic E-state index is -2.69. The van der Waals surface area contributed by atoms with Crippen LogP contribution in [0.25, 0.3) is 11.0 Å². The van der Waals surface area contributed by atoms with Crippen LogP contribution in [0.15, 0.2) is 42.5 Å². The molecule has 3 aromatic rings. The topological polar surface area (TPSA) is 106 Å². The van der Waals surface area contributed by atoms with Crippen LogP contribution >= 0.6 is 0 Å². The molecule has 12 heteroatoms. The summed E-state index contributed by atoms with van der Waals surface area (Å²) < 4.78 is 38.4. The summed E-state index contributed by atoms with van der Waals surface area (Å²) in [7, 11) is 1.71. The molecular formula is C30H37F2N5O5. The molecule has 5 rings (SSSR count). The molecule has 3 amide bonds. The highest BCUT2D eigenvalue weighted by atomic mass is 19.3. The zero-order chi connectivity index (χ0) is 30.4. The highest BCUT2D eigenvalue weighted by Gasteiger charge is 2.27. The number of aromatic nitrogens is 2. The lowest BCUT2D eigenvalue weighted by Gasteiger charge is -2.31. The van der Waals surface area contributed by atoms with Crippen molar-refractivity contribution < 1.29 is 32.6 Å². The lowest BCUT2D eigenvalue weighted by Crippen LogP contribution is -2.41. The van der Waals surface area contributed by atoms with Crippen molar-refractivity contribution in [1.29, 1.82) is 0 Å². The average molecular weight is 586 g/mol. The number of hydrogen-bond acceptors (Lipinski definition) is 6. The fourth-order valence-electron chi connectivity index (χ4n) is 4.74. The van der Waals surface area contributed by atoms with E-state index in [1.807, 2.05) is 37.5 Å². The molecule has 2 saturated heterocycles. The van der Waals surface area contributed by atoms with Gasteiger partial charge >= 0.3 is 0 Å². The van der Waals surface area contributed by atoms with Gasteiger partial charge in [-0.15, -0.1) is 0 Å². The Morgan fingerprint density at radius 3 is 2.48 bits per heavy atom. The van der Waals surface area contributed by atoms with Gasteiger partial charge in [0.15, 0.2) is 0 Å². The van der Waals surface area contributed by atoms with Gasteiger partial charge < -0.3 is 23.8 Å². The van der Waals surface area contributed by atoms with Crippen LogP contribution in [0.5, 0.6) is 0 Å². The number of nitrogens with one attached hydrogen (secondary N) is 1. The third-order valence-corrected chi connectivity index (χ3v) is 7.22. The van der Waals surface area contributed by atoms with Gasteiger partial charge in [0.2, 0.25) is 12.4 Å². The fraction of sp³-hybridized carbons (Fsp3) is 0.467. The number of imidazole rings is 1. The lowest BCUT2D eigenvalue weighted by atomic mass is 10.0. The number of rotatable bonds is 6. The number of alkyl halides is 2. The number of amides is 3. The highest BCUT2D eigenvalue weighted by molar-refractivity contribution is 6.04. The van der Waals surface area contributed by atoms with Crippen molar-refractivity contribution >= 4 is 40.9 Å². The summed E-state index contributed by atoms with van der Waals surface area (Å²) in [5, 5.41) is 2.80. The summed E-state index contributed by atoms with van der Waals surface area (Å²) >= 11 is 0. The zero-order valence-corrected chi connectivity index (χ0v) is 24.3. The summed E-state index contributed by atoms with van der Waals surface area (Å²) in [5.41, 5.74) is 1.93. The van der Waals surface area contributed by atoms with Crippen molar-refractivity contribution in [2.24, 2.45) is 0 Å². The SMILES string of the molecule is COC(C)(C)C.O=CN1CCC(n2c(NC(=O)c3cccc(C(F)F)c3)nc3cc(N4CCOCC4=O)ccc32)CC1. The van der Waals surface area contributed by atoms with E-state index in [1.54, 1.807) is 23.0 Å². The van der Waals surface area contributed by atoms with Gasteiger partial charge in [-0.05, 0) is 63.9 Å². The van der Waals surface area contributed by atoms with E-state index in [-0.39, 0.29) is 41.2 Å². The first-order valence-corrected chi connectivity index (χ1v) is 13.8. The number of methoxy groups -OCH3 is 1. The first kappa shape index (κ1) is 31.0. The maximum atomic E-state index is 13.2. The molecule has 1 aromatic heterocycles. The van der Waals surface area contributed by atoms with E-state index < -0.39 is 12.3 Å². The van der Waals surface area contributed by atoms with Gasteiger partial charge in [0.1, 0.15) is 6.61 Å². The Kier molecular flexibility index (Phi) is 9.89. The first-order valence-electron chi connectivity index (χ1n) is 13.8. The third kappa shape index (κ3) is 7.48. The van der Waals surface area contributed by atoms with E-state index in [4.69, 9.17) is 9.47 Å². The molecular weight excluding hydrogens is 548 g/mol. The summed E-state index contributed by atoms with van der Waals surface area (Å²) in [4.78, 5) is 44.5. The minimum absolute atomic E-state index is 0.0147. The molecule has 0 unspecified atom stereocenters. The maximum absolute atomic E-state index is 13.2. The number of carbonyl (C=O) groups is 3. The molecule has 42 heavy (non-hydrogen) atoms. The Hall–Kier alpha value is -3.90. The van der Waals surface area contributed by atoms with Crippen molar-refractivity contribution in [2.75, 3.05) is 50.2 Å². The van der Waals surface area contributed by atoms with Gasteiger partial charge in [-0.25, -0.2) is 13.8 Å². The van der Waals surface area contributed by atoms with Crippen LogP contribution in [0, 0.1) is 0 Å². The zero-order valence-electron chi connectivity index (χ0n) is 24.3. The predicted octanol–water partition coefficient (Wildman–Crippen LogP) is 4.81. The van der Waals surface area contributed by atoms with Crippen LogP contribution in [-0.2, 0) is 19.1 Å². The number of hydrogen-bond donors (Lipinski definition) is 1. The Balaban J connectivity index is 0.000000612. The summed E-state index contributed by atoms with van der Waals surface area (Å²) in [6.45, 7) is 8.08. The number of morpholine rings is 1. The Morgan fingerprint density at radius 2 is 1.86 bits per heavy atom. The van der Waals surface area contributed by atoms with Crippen LogP contribution in [0.2, 0.25) is 0 Å². The van der Waals surface area contributed by atoms with E-state index >= 15 is 0 Å². The third-order valence-electron chi connectivity index (χ3n) is 7.22. The highest BCUT2D eigenvalue weighted by Crippen LogP contribution is 2.33. The second-order valence-corrected chi connectivity index (χ2v) is 11.1. The van der Waals surface area contributed by atoms with Crippen LogP contribution in [0.4, 0.5) is 20.4 Å². The van der Waals surface area contributed by atoms with E-state index in [9.17, 15) is 23.2 Å². The average Bonchev–Trinajstić information content (AvgIpc) is 3.34. The molecule has 0 saturated carbocycles. The second-order valence-electron chi connectivity index (χ2n) is 11.1. The number of halogens is 2. The van der Waals surface area contributed by atoms with E-state index in [1.165, 1.54) is 18.2 Å². The lowest BCUT2D eigenvalue weighted by molar-refractivity contribution is -0.125. The number of likely N-dealkylation sites (tertiary alicyclic amines) is 1. The number of nitrogens with zero attached hydrogens (tertiary/aromatic N) is 4. The number of anilines is 2. The van der Waals surface area contributed by atoms with E-state index in [0.29, 0.717) is 50.3 Å². The molecule has 0 aliphatic carbocycles. The number of ether oxygens (including phenoxy) is 2. The molecule has 0 spiro atoms. The van der Waals surface area contributed by atoms with Gasteiger partial charge in [-0.1, -0.05) is 12.1 Å². The number of benzene rings is 2. The molecule has 10 nitrogen and oxygen atoms in total. The molecule has 2 aliphatic heterocycles. The molecule has 2 fully saturated rings. The van der Waals surface area contributed by atoms with Crippen molar-refractivity contribution in [3.63, 3.8) is 0 Å². The second kappa shape index (κ2) is 13.4. The Labute approximate surface area is 243 Å². The van der Waals surface area contributed by atoms with Crippen molar-refractivity contribution in [2.45, 2.75) is 51.7 Å². The standard InChI is InChI=1S/C25H25F2N5O4.C5H12O/c26-23(27)16-2-1-3-17(12-16)24(35)29-25-28-20-13-19(31-10-11-36-14-22(31)34)4-5-21(20)32(25)18-6-8-30(15-33)9-7-18;1-5(2,3)6-4/h1-5,12-13,15,18,23H,6-11,14H2,(H,28,29,35);1-4H3. The van der Waals surface area contributed by atoms with Gasteiger partial charge in [0.25, 0.3) is 18.2 Å². The quantitative estimate of drug-likeness (QED) is 0.416. The van der Waals surface area contributed by atoms with Crippen LogP contribution < -0.4 is 10.2 Å². The van der Waals surface area contributed by atoms with Crippen molar-refractivity contribution in [3.05, 3.63) is 53.6 Å². The molecule has 1 N–H and O–H groups in total. The summed E-state index contributed by atoms with van der Waals surface area (Å²) in [5.74, 6) is -0.413. The Bertz CT molecular complexity index is 1410. The first-order chi connectivity index (χ1) is 20.0. The summed E-state index contributed by atoms with van der Waals surface area (Å²) in [6, 6.07) is 10.8. The largest absolute Gasteiger partial charge is 0.379 e. The Morgan fingerprint density at radius 1 is 1.14 bits per heavy atom. The van der Waals surface area contributed by atoms with E-state index in [2.05, 4.69) is 10.3 Å². The fourth-order valence-corrected chi connectivity index (χ4v) is 4.74. The predicted molar refractivity (Wildman–Crippen MR) is 155 cm³/mol. The smallest absolute Gasteiger partial charge is 0.263 e. The molecule has 226 valence electrons. The molecule has 2 aliphatic rings. The van der Waals surface area contributed by atoms with Gasteiger partial charge in [0.05, 0.1) is 23.2 Å². The molecule has 0 radical (unpaired) electrons. The monoisotopic (exact) mass is 585 g/mol. The van der Waals surface area contributed by atoms with E-state index in [0.717, 1.165) is 18.0 Å². The normalized spacial score (nSPS) is 16.4. The van der Waals surface area contributed by atoms with Crippen LogP contribution in [0.3, 0.4) is 0 Å². The van der Waals surface area contributed by atoms with Gasteiger partial charge in [-0.3, -0.25) is 19.7 Å². The summed E-state index contributed by atoms with van der Waals surface area (Å²) in [6.07, 6.45) is -0.534. The number of fused-ring (bicyclic) bond motifs is 1. The molecule has 2 aromatic carbocycles. The molecule has 3 heterocycles. The number of piperidine rings is 1. The molecule has 0 bridgehead atoms.